The number of benzene rings is 2. The van der Waals surface area contributed by atoms with Gasteiger partial charge in [0.2, 0.25) is 5.88 Å². The highest BCUT2D eigenvalue weighted by Gasteiger charge is 2.33. The second-order valence-corrected chi connectivity index (χ2v) is 6.97. The molecule has 8 nitrogen and oxygen atoms in total. The van der Waals surface area contributed by atoms with E-state index in [1.807, 2.05) is 0 Å². The maximum absolute atomic E-state index is 13.0. The van der Waals surface area contributed by atoms with Gasteiger partial charge < -0.3 is 15.4 Å². The van der Waals surface area contributed by atoms with Gasteiger partial charge >= 0.3 is 12.2 Å². The molecule has 0 bridgehead atoms. The third kappa shape index (κ3) is 5.57. The molecule has 4 aromatic rings. The van der Waals surface area contributed by atoms with E-state index in [0.717, 1.165) is 12.1 Å². The summed E-state index contributed by atoms with van der Waals surface area (Å²) in [6.07, 6.45) is 0.0513. The molecule has 33 heavy (non-hydrogen) atoms. The molecule has 2 N–H and O–H groups in total. The fraction of sp³-hybridized carbons (Fsp3) is 0.0476. The number of rotatable bonds is 5. The monoisotopic (exact) mass is 474 g/mol. The predicted octanol–water partition coefficient (Wildman–Crippen LogP) is 5.77. The quantitative estimate of drug-likeness (QED) is 0.383. The number of carbonyl (C=O) groups excluding carboxylic acids is 1. The lowest BCUT2D eigenvalue weighted by molar-refractivity contribution is -0.137. The van der Waals surface area contributed by atoms with Gasteiger partial charge in [-0.15, -0.1) is 0 Å². The van der Waals surface area contributed by atoms with E-state index in [9.17, 15) is 18.0 Å². The van der Waals surface area contributed by atoms with E-state index < -0.39 is 22.8 Å². The minimum absolute atomic E-state index is 0.0547. The summed E-state index contributed by atoms with van der Waals surface area (Å²) < 4.78 is 46.1. The molecule has 0 radical (unpaired) electrons. The summed E-state index contributed by atoms with van der Waals surface area (Å²) in [5.74, 6) is 1.26. The molecule has 0 saturated carbocycles. The van der Waals surface area contributed by atoms with E-state index >= 15 is 0 Å². The van der Waals surface area contributed by atoms with Crippen LogP contribution in [0.5, 0.6) is 11.6 Å². The number of urea groups is 1. The highest BCUT2D eigenvalue weighted by molar-refractivity contribution is 6.31. The third-order valence-electron chi connectivity index (χ3n) is 4.23. The molecule has 2 aromatic heterocycles. The van der Waals surface area contributed by atoms with Crippen LogP contribution in [0.4, 0.5) is 29.3 Å². The molecule has 2 aromatic carbocycles. The smallest absolute Gasteiger partial charge is 0.417 e. The summed E-state index contributed by atoms with van der Waals surface area (Å²) in [5.41, 5.74) is -0.699. The Bertz CT molecular complexity index is 1260. The zero-order valence-electron chi connectivity index (χ0n) is 16.5. The number of amides is 2. The molecule has 0 atom stereocenters. The van der Waals surface area contributed by atoms with E-state index in [-0.39, 0.29) is 11.6 Å². The van der Waals surface area contributed by atoms with Crippen LogP contribution in [0.15, 0.2) is 73.3 Å². The van der Waals surface area contributed by atoms with Crippen LogP contribution in [0.25, 0.3) is 5.82 Å². The number of hydrogen-bond acceptors (Lipinski definition) is 5. The van der Waals surface area contributed by atoms with Gasteiger partial charge in [-0.1, -0.05) is 11.6 Å². The molecule has 4 rings (SSSR count). The molecule has 0 saturated heterocycles. The fourth-order valence-electron chi connectivity index (χ4n) is 2.76. The van der Waals surface area contributed by atoms with Gasteiger partial charge in [0, 0.05) is 29.8 Å². The maximum Gasteiger partial charge on any atom is 0.417 e. The number of aromatic nitrogens is 4. The number of ether oxygens (including phenoxy) is 1. The minimum atomic E-state index is -4.64. The van der Waals surface area contributed by atoms with Gasteiger partial charge in [0.15, 0.2) is 5.82 Å². The molecule has 2 heterocycles. The summed E-state index contributed by atoms with van der Waals surface area (Å²) in [4.78, 5) is 20.3. The number of carbonyl (C=O) groups is 1. The Morgan fingerprint density at radius 2 is 1.73 bits per heavy atom. The Kier molecular flexibility index (Phi) is 6.13. The van der Waals surface area contributed by atoms with E-state index in [2.05, 4.69) is 25.7 Å². The van der Waals surface area contributed by atoms with Crippen LogP contribution in [0.1, 0.15) is 5.56 Å². The van der Waals surface area contributed by atoms with Crippen LogP contribution in [0.3, 0.4) is 0 Å². The van der Waals surface area contributed by atoms with Gasteiger partial charge in [-0.05, 0) is 48.5 Å². The zero-order valence-corrected chi connectivity index (χ0v) is 17.3. The number of nitrogens with zero attached hydrogens (tertiary/aromatic N) is 4. The van der Waals surface area contributed by atoms with Crippen LogP contribution in [-0.2, 0) is 6.18 Å². The summed E-state index contributed by atoms with van der Waals surface area (Å²) in [7, 11) is 0. The first-order valence-electron chi connectivity index (χ1n) is 9.33. The summed E-state index contributed by atoms with van der Waals surface area (Å²) in [6, 6.07) is 12.0. The van der Waals surface area contributed by atoms with E-state index in [0.29, 0.717) is 17.3 Å². The Morgan fingerprint density at radius 1 is 1.00 bits per heavy atom. The Labute approximate surface area is 190 Å². The van der Waals surface area contributed by atoms with Crippen LogP contribution >= 0.6 is 11.6 Å². The second-order valence-electron chi connectivity index (χ2n) is 6.56. The van der Waals surface area contributed by atoms with E-state index in [4.69, 9.17) is 16.3 Å². The molecule has 0 spiro atoms. The zero-order chi connectivity index (χ0) is 23.4. The molecule has 0 aliphatic heterocycles. The average molecular weight is 475 g/mol. The van der Waals surface area contributed by atoms with Crippen molar-refractivity contribution in [1.29, 1.82) is 0 Å². The van der Waals surface area contributed by atoms with Gasteiger partial charge in [-0.25, -0.2) is 19.4 Å². The molecule has 0 aliphatic rings. The molecule has 0 unspecified atom stereocenters. The van der Waals surface area contributed by atoms with Gasteiger partial charge in [0.25, 0.3) is 0 Å². The molecule has 2 amide bonds. The lowest BCUT2D eigenvalue weighted by atomic mass is 10.2. The fourth-order valence-corrected chi connectivity index (χ4v) is 2.98. The normalized spacial score (nSPS) is 11.2. The van der Waals surface area contributed by atoms with Crippen molar-refractivity contribution < 1.29 is 22.7 Å². The van der Waals surface area contributed by atoms with Crippen molar-refractivity contribution in [3.05, 3.63) is 83.9 Å². The second kappa shape index (κ2) is 9.17. The van der Waals surface area contributed by atoms with Crippen molar-refractivity contribution in [1.82, 2.24) is 19.7 Å². The topological polar surface area (TPSA) is 94.0 Å². The number of anilines is 2. The van der Waals surface area contributed by atoms with Crippen molar-refractivity contribution in [2.45, 2.75) is 6.18 Å². The number of hydrogen-bond donors (Lipinski definition) is 2. The predicted molar refractivity (Wildman–Crippen MR) is 115 cm³/mol. The van der Waals surface area contributed by atoms with Crippen molar-refractivity contribution in [2.24, 2.45) is 0 Å². The van der Waals surface area contributed by atoms with Crippen LogP contribution in [-0.4, -0.2) is 25.8 Å². The van der Waals surface area contributed by atoms with Gasteiger partial charge in [-0.2, -0.15) is 18.3 Å². The summed E-state index contributed by atoms with van der Waals surface area (Å²) in [5, 5.41) is 8.50. The van der Waals surface area contributed by atoms with Crippen LogP contribution < -0.4 is 15.4 Å². The molecular formula is C21H14ClF3N6O2. The average Bonchev–Trinajstić information content (AvgIpc) is 3.31. The molecule has 12 heteroatoms. The van der Waals surface area contributed by atoms with E-state index in [1.54, 1.807) is 53.5 Å². The molecular weight excluding hydrogens is 461 g/mol. The first kappa shape index (κ1) is 22.1. The lowest BCUT2D eigenvalue weighted by Gasteiger charge is -2.12. The molecule has 0 fully saturated rings. The maximum atomic E-state index is 13.0. The standard InChI is InChI=1S/C21H14ClF3N6O2/c22-17-7-4-14(10-16(17)21(23,24)25)30-20(32)29-13-2-5-15(6-3-13)33-19-11-18(26-12-27-19)31-9-1-8-28-31/h1-12H,(H2,29,30,32). The first-order valence-corrected chi connectivity index (χ1v) is 9.70. The number of alkyl halides is 3. The summed E-state index contributed by atoms with van der Waals surface area (Å²) in [6.45, 7) is 0. The number of nitrogens with one attached hydrogen (secondary N) is 2. The minimum Gasteiger partial charge on any atom is -0.439 e. The first-order chi connectivity index (χ1) is 15.8. The van der Waals surface area contributed by atoms with Gasteiger partial charge in [-0.3, -0.25) is 0 Å². The largest absolute Gasteiger partial charge is 0.439 e. The van der Waals surface area contributed by atoms with Crippen molar-refractivity contribution in [3.8, 4) is 17.4 Å². The van der Waals surface area contributed by atoms with Crippen molar-refractivity contribution >= 4 is 29.0 Å². The Morgan fingerprint density at radius 3 is 2.42 bits per heavy atom. The van der Waals surface area contributed by atoms with Crippen LogP contribution in [0.2, 0.25) is 5.02 Å². The number of halogens is 4. The SMILES string of the molecule is O=C(Nc1ccc(Oc2cc(-n3cccn3)ncn2)cc1)Nc1ccc(Cl)c(C(F)(F)F)c1. The Balaban J connectivity index is 1.38. The highest BCUT2D eigenvalue weighted by Crippen LogP contribution is 2.36. The summed E-state index contributed by atoms with van der Waals surface area (Å²) >= 11 is 5.58. The van der Waals surface area contributed by atoms with Crippen molar-refractivity contribution in [3.63, 3.8) is 0 Å². The van der Waals surface area contributed by atoms with Crippen LogP contribution in [0, 0.1) is 0 Å². The highest BCUT2D eigenvalue weighted by atomic mass is 35.5. The molecule has 0 aliphatic carbocycles. The van der Waals surface area contributed by atoms with Gasteiger partial charge in [0.05, 0.1) is 10.6 Å². The third-order valence-corrected chi connectivity index (χ3v) is 4.56. The Hall–Kier alpha value is -4.12. The lowest BCUT2D eigenvalue weighted by Crippen LogP contribution is -2.19. The van der Waals surface area contributed by atoms with Crippen molar-refractivity contribution in [2.75, 3.05) is 10.6 Å². The molecule has 168 valence electrons. The van der Waals surface area contributed by atoms with Gasteiger partial charge in [0.1, 0.15) is 12.1 Å². The van der Waals surface area contributed by atoms with E-state index in [1.165, 1.54) is 12.4 Å².